The molecule has 6 nitrogen and oxygen atoms in total. The molecule has 0 atom stereocenters. The average molecular weight is 519 g/mol. The van der Waals surface area contributed by atoms with E-state index in [0.717, 1.165) is 26.6 Å². The zero-order valence-electron chi connectivity index (χ0n) is 16.5. The second-order valence-corrected chi connectivity index (χ2v) is 8.24. The number of benzene rings is 2. The Morgan fingerprint density at radius 1 is 1.03 bits per heavy atom. The van der Waals surface area contributed by atoms with E-state index in [0.29, 0.717) is 6.07 Å². The van der Waals surface area contributed by atoms with Crippen molar-refractivity contribution >= 4 is 51.2 Å². The van der Waals surface area contributed by atoms with Gasteiger partial charge in [0, 0.05) is 9.37 Å². The average Bonchev–Trinajstić information content (AvgIpc) is 2.72. The number of rotatable bonds is 8. The fourth-order valence-corrected chi connectivity index (χ4v) is 3.64. The molecule has 0 fully saturated rings. The first-order valence-corrected chi connectivity index (χ1v) is 10.6. The number of esters is 1. The fraction of sp³-hybridized carbons (Fsp3) is 0.250. The normalized spacial score (nSPS) is 10.5. The van der Waals surface area contributed by atoms with Crippen LogP contribution in [-0.4, -0.2) is 36.7 Å². The van der Waals surface area contributed by atoms with Gasteiger partial charge in [0.05, 0.1) is 18.0 Å². The molecule has 2 aromatic carbocycles. The minimum atomic E-state index is -1.72. The molecule has 0 aliphatic heterocycles. The molecule has 2 amide bonds. The largest absolute Gasteiger partial charge is 0.455 e. The first-order valence-electron chi connectivity index (χ1n) is 8.83. The third-order valence-electron chi connectivity index (χ3n) is 3.92. The van der Waals surface area contributed by atoms with Crippen LogP contribution in [0.5, 0.6) is 0 Å². The van der Waals surface area contributed by atoms with Gasteiger partial charge in [-0.1, -0.05) is 15.9 Å². The second kappa shape index (κ2) is 11.2. The summed E-state index contributed by atoms with van der Waals surface area (Å²) in [6.45, 7) is 2.64. The number of thioether (sulfide) groups is 1. The monoisotopic (exact) mass is 518 g/mol. The maximum absolute atomic E-state index is 13.5. The summed E-state index contributed by atoms with van der Waals surface area (Å²) in [6, 6.07) is 5.37. The van der Waals surface area contributed by atoms with E-state index in [4.69, 9.17) is 4.74 Å². The highest BCUT2D eigenvalue weighted by Crippen LogP contribution is 2.28. The zero-order valence-corrected chi connectivity index (χ0v) is 18.9. The summed E-state index contributed by atoms with van der Waals surface area (Å²) in [4.78, 5) is 36.2. The van der Waals surface area contributed by atoms with E-state index in [9.17, 15) is 27.6 Å². The Morgan fingerprint density at radius 3 is 2.45 bits per heavy atom. The van der Waals surface area contributed by atoms with E-state index in [1.54, 1.807) is 0 Å². The van der Waals surface area contributed by atoms with Crippen LogP contribution in [0, 0.1) is 31.3 Å². The summed E-state index contributed by atoms with van der Waals surface area (Å²) >= 11 is 4.70. The SMILES string of the molecule is Cc1cc(SCC(=O)OCC(=O)NCC(=O)Nc2ccc(F)c(F)c2F)c(C)cc1Br. The van der Waals surface area contributed by atoms with E-state index in [2.05, 4.69) is 21.2 Å². The first kappa shape index (κ1) is 24.7. The molecule has 166 valence electrons. The quantitative estimate of drug-likeness (QED) is 0.314. The molecule has 0 unspecified atom stereocenters. The lowest BCUT2D eigenvalue weighted by Gasteiger charge is -2.10. The van der Waals surface area contributed by atoms with Crippen LogP contribution in [0.15, 0.2) is 33.6 Å². The summed E-state index contributed by atoms with van der Waals surface area (Å²) in [5.74, 6) is -6.92. The summed E-state index contributed by atoms with van der Waals surface area (Å²) < 4.78 is 45.3. The number of aryl methyl sites for hydroxylation is 2. The van der Waals surface area contributed by atoms with Crippen molar-refractivity contribution in [1.29, 1.82) is 0 Å². The van der Waals surface area contributed by atoms with Crippen LogP contribution >= 0.6 is 27.7 Å². The smallest absolute Gasteiger partial charge is 0.316 e. The van der Waals surface area contributed by atoms with Crippen LogP contribution in [0.1, 0.15) is 11.1 Å². The molecule has 0 heterocycles. The fourth-order valence-electron chi connectivity index (χ4n) is 2.28. The third-order valence-corrected chi connectivity index (χ3v) is 5.91. The van der Waals surface area contributed by atoms with Crippen molar-refractivity contribution in [2.75, 3.05) is 24.2 Å². The summed E-state index contributed by atoms with van der Waals surface area (Å²) in [5.41, 5.74) is 1.43. The van der Waals surface area contributed by atoms with Gasteiger partial charge in [0.25, 0.3) is 5.91 Å². The predicted octanol–water partition coefficient (Wildman–Crippen LogP) is 3.87. The Labute approximate surface area is 189 Å². The Hall–Kier alpha value is -2.53. The van der Waals surface area contributed by atoms with Gasteiger partial charge in [-0.05, 0) is 49.2 Å². The molecular weight excluding hydrogens is 501 g/mol. The van der Waals surface area contributed by atoms with Crippen molar-refractivity contribution in [2.45, 2.75) is 18.7 Å². The summed E-state index contributed by atoms with van der Waals surface area (Å²) in [7, 11) is 0. The number of amides is 2. The molecule has 0 saturated heterocycles. The molecule has 0 radical (unpaired) electrons. The van der Waals surface area contributed by atoms with E-state index in [-0.39, 0.29) is 5.75 Å². The molecule has 0 bridgehead atoms. The minimum absolute atomic E-state index is 0.00884. The van der Waals surface area contributed by atoms with Gasteiger partial charge < -0.3 is 15.4 Å². The number of hydrogen-bond acceptors (Lipinski definition) is 5. The number of nitrogens with one attached hydrogen (secondary N) is 2. The van der Waals surface area contributed by atoms with Crippen LogP contribution in [0.3, 0.4) is 0 Å². The topological polar surface area (TPSA) is 84.5 Å². The number of halogens is 4. The lowest BCUT2D eigenvalue weighted by Crippen LogP contribution is -2.35. The van der Waals surface area contributed by atoms with Crippen molar-refractivity contribution in [3.8, 4) is 0 Å². The molecule has 31 heavy (non-hydrogen) atoms. The molecule has 2 rings (SSSR count). The predicted molar refractivity (Wildman–Crippen MR) is 113 cm³/mol. The van der Waals surface area contributed by atoms with E-state index in [1.165, 1.54) is 11.8 Å². The molecule has 0 aliphatic rings. The number of anilines is 1. The second-order valence-electron chi connectivity index (χ2n) is 6.36. The Morgan fingerprint density at radius 2 is 1.74 bits per heavy atom. The third kappa shape index (κ3) is 7.28. The van der Waals surface area contributed by atoms with Crippen molar-refractivity contribution in [2.24, 2.45) is 0 Å². The van der Waals surface area contributed by atoms with Crippen molar-refractivity contribution in [1.82, 2.24) is 5.32 Å². The standard InChI is InChI=1S/C20H18BrF3N2O4S/c1-10-6-15(11(2)5-12(10)21)31-9-18(29)30-8-17(28)25-7-16(27)26-14-4-3-13(22)19(23)20(14)24/h3-6H,7-9H2,1-2H3,(H,25,28)(H,26,27). The van der Waals surface area contributed by atoms with E-state index >= 15 is 0 Å². The molecule has 0 aliphatic carbocycles. The number of carbonyl (C=O) groups excluding carboxylic acids is 3. The Bertz CT molecular complexity index is 1020. The van der Waals surface area contributed by atoms with E-state index in [1.807, 2.05) is 31.3 Å². The molecular formula is C20H18BrF3N2O4S. The van der Waals surface area contributed by atoms with Gasteiger partial charge in [-0.15, -0.1) is 11.8 Å². The highest BCUT2D eigenvalue weighted by molar-refractivity contribution is 9.10. The summed E-state index contributed by atoms with van der Waals surface area (Å²) in [5, 5.41) is 4.17. The van der Waals surface area contributed by atoms with Crippen molar-refractivity contribution < 1.29 is 32.3 Å². The van der Waals surface area contributed by atoms with Gasteiger partial charge >= 0.3 is 5.97 Å². The highest BCUT2D eigenvalue weighted by atomic mass is 79.9. The Kier molecular flexibility index (Phi) is 8.93. The number of carbonyl (C=O) groups is 3. The van der Waals surface area contributed by atoms with Gasteiger partial charge in [0.1, 0.15) is 0 Å². The maximum Gasteiger partial charge on any atom is 0.316 e. The van der Waals surface area contributed by atoms with Crippen molar-refractivity contribution in [3.63, 3.8) is 0 Å². The molecule has 2 aromatic rings. The lowest BCUT2D eigenvalue weighted by molar-refractivity contribution is -0.146. The molecule has 11 heteroatoms. The molecule has 0 aromatic heterocycles. The maximum atomic E-state index is 13.5. The van der Waals surface area contributed by atoms with Crippen molar-refractivity contribution in [3.05, 3.63) is 57.3 Å². The minimum Gasteiger partial charge on any atom is -0.455 e. The van der Waals surface area contributed by atoms with Crippen LogP contribution < -0.4 is 10.6 Å². The lowest BCUT2D eigenvalue weighted by atomic mass is 10.2. The molecule has 2 N–H and O–H groups in total. The number of ether oxygens (including phenoxy) is 1. The van der Waals surface area contributed by atoms with Crippen LogP contribution in [0.4, 0.5) is 18.9 Å². The molecule has 0 saturated carbocycles. The van der Waals surface area contributed by atoms with Gasteiger partial charge in [0.15, 0.2) is 24.1 Å². The number of hydrogen-bond donors (Lipinski definition) is 2. The zero-order chi connectivity index (χ0) is 23.1. The van der Waals surface area contributed by atoms with Crippen LogP contribution in [0.25, 0.3) is 0 Å². The Balaban J connectivity index is 1.73. The van der Waals surface area contributed by atoms with Crippen LogP contribution in [-0.2, 0) is 19.1 Å². The van der Waals surface area contributed by atoms with E-state index < -0.39 is 54.1 Å². The van der Waals surface area contributed by atoms with Gasteiger partial charge in [-0.2, -0.15) is 0 Å². The summed E-state index contributed by atoms with van der Waals surface area (Å²) in [6.07, 6.45) is 0. The van der Waals surface area contributed by atoms with Crippen LogP contribution in [0.2, 0.25) is 0 Å². The van der Waals surface area contributed by atoms with Gasteiger partial charge in [-0.25, -0.2) is 13.2 Å². The van der Waals surface area contributed by atoms with Gasteiger partial charge in [-0.3, -0.25) is 14.4 Å². The highest BCUT2D eigenvalue weighted by Gasteiger charge is 2.16. The molecule has 0 spiro atoms. The first-order chi connectivity index (χ1) is 14.6. The van der Waals surface area contributed by atoms with Gasteiger partial charge in [0.2, 0.25) is 5.91 Å².